The Morgan fingerprint density at radius 2 is 2.09 bits per heavy atom. The molecule has 0 atom stereocenters. The molecule has 2 aromatic carbocycles. The van der Waals surface area contributed by atoms with Gasteiger partial charge in [0, 0.05) is 5.56 Å². The molecule has 0 aliphatic heterocycles. The van der Waals surface area contributed by atoms with E-state index in [1.807, 2.05) is 6.92 Å². The number of aromatic hydroxyl groups is 1. The minimum Gasteiger partial charge on any atom is -0.506 e. The standard InChI is InChI=1S/C16H11N3O3/c1-8-18-13-3-2-9(6-14(13)19-8)12-5-10(16(21)22)4-11(7-17)15(12)20/h2-6,20H,1H3,(H,18,19)(H,21,22). The minimum atomic E-state index is -1.16. The number of phenolic OH excluding ortho intramolecular Hbond substituents is 1. The van der Waals surface area contributed by atoms with E-state index < -0.39 is 5.97 Å². The SMILES string of the molecule is Cc1nc2cc(-c3cc(C(=O)O)cc(C#N)c3O)ccc2[nH]1. The van der Waals surface area contributed by atoms with Crippen LogP contribution in [0.5, 0.6) is 5.75 Å². The van der Waals surface area contributed by atoms with Crippen LogP contribution in [0.15, 0.2) is 30.3 Å². The summed E-state index contributed by atoms with van der Waals surface area (Å²) in [5, 5.41) is 28.4. The van der Waals surface area contributed by atoms with E-state index in [1.54, 1.807) is 24.3 Å². The Kier molecular flexibility index (Phi) is 3.04. The highest BCUT2D eigenvalue weighted by atomic mass is 16.4. The van der Waals surface area contributed by atoms with Crippen LogP contribution in [0.2, 0.25) is 0 Å². The molecule has 0 spiro atoms. The summed E-state index contributed by atoms with van der Waals surface area (Å²) < 4.78 is 0. The average molecular weight is 293 g/mol. The zero-order valence-electron chi connectivity index (χ0n) is 11.6. The van der Waals surface area contributed by atoms with Crippen molar-refractivity contribution >= 4 is 17.0 Å². The molecule has 108 valence electrons. The Morgan fingerprint density at radius 1 is 1.32 bits per heavy atom. The van der Waals surface area contributed by atoms with Crippen LogP contribution in [0.1, 0.15) is 21.7 Å². The molecular formula is C16H11N3O3. The van der Waals surface area contributed by atoms with Crippen molar-refractivity contribution < 1.29 is 15.0 Å². The molecule has 1 aromatic heterocycles. The number of carboxylic acid groups (broad SMARTS) is 1. The molecule has 0 saturated carbocycles. The zero-order valence-corrected chi connectivity index (χ0v) is 11.6. The fourth-order valence-corrected chi connectivity index (χ4v) is 2.36. The Morgan fingerprint density at radius 3 is 2.77 bits per heavy atom. The second-order valence-corrected chi connectivity index (χ2v) is 4.89. The lowest BCUT2D eigenvalue weighted by molar-refractivity contribution is 0.0697. The van der Waals surface area contributed by atoms with Crippen molar-refractivity contribution in [3.05, 3.63) is 47.3 Å². The zero-order chi connectivity index (χ0) is 15.9. The number of rotatable bonds is 2. The van der Waals surface area contributed by atoms with Gasteiger partial charge in [-0.3, -0.25) is 0 Å². The maximum absolute atomic E-state index is 11.2. The molecule has 22 heavy (non-hydrogen) atoms. The Balaban J connectivity index is 2.26. The lowest BCUT2D eigenvalue weighted by Crippen LogP contribution is -1.98. The third-order valence-corrected chi connectivity index (χ3v) is 3.39. The highest BCUT2D eigenvalue weighted by molar-refractivity contribution is 5.92. The first kappa shape index (κ1) is 13.6. The molecule has 0 radical (unpaired) electrons. The normalized spacial score (nSPS) is 10.5. The lowest BCUT2D eigenvalue weighted by atomic mass is 9.98. The molecule has 3 aromatic rings. The quantitative estimate of drug-likeness (QED) is 0.673. The molecule has 0 fully saturated rings. The first-order chi connectivity index (χ1) is 10.5. The molecule has 3 N–H and O–H groups in total. The molecule has 6 heteroatoms. The van der Waals surface area contributed by atoms with Gasteiger partial charge in [0.05, 0.1) is 22.2 Å². The van der Waals surface area contributed by atoms with Gasteiger partial charge in [-0.15, -0.1) is 0 Å². The molecule has 6 nitrogen and oxygen atoms in total. The largest absolute Gasteiger partial charge is 0.506 e. The molecular weight excluding hydrogens is 282 g/mol. The van der Waals surface area contributed by atoms with E-state index in [-0.39, 0.29) is 16.9 Å². The molecule has 0 bridgehead atoms. The van der Waals surface area contributed by atoms with E-state index in [4.69, 9.17) is 10.4 Å². The predicted octanol–water partition coefficient (Wildman–Crippen LogP) is 2.81. The number of carboxylic acids is 1. The number of imidazole rings is 1. The van der Waals surface area contributed by atoms with Crippen LogP contribution in [0, 0.1) is 18.3 Å². The van der Waals surface area contributed by atoms with Crippen LogP contribution in [0.25, 0.3) is 22.2 Å². The van der Waals surface area contributed by atoms with Gasteiger partial charge in [0.15, 0.2) is 0 Å². The number of nitriles is 1. The van der Waals surface area contributed by atoms with E-state index in [0.29, 0.717) is 16.6 Å². The monoisotopic (exact) mass is 293 g/mol. The van der Waals surface area contributed by atoms with E-state index in [1.165, 1.54) is 6.07 Å². The molecule has 1 heterocycles. The number of phenols is 1. The van der Waals surface area contributed by atoms with Gasteiger partial charge in [0.25, 0.3) is 0 Å². The van der Waals surface area contributed by atoms with Crippen LogP contribution >= 0.6 is 0 Å². The average Bonchev–Trinajstić information content (AvgIpc) is 2.86. The van der Waals surface area contributed by atoms with Crippen LogP contribution < -0.4 is 0 Å². The van der Waals surface area contributed by atoms with Gasteiger partial charge in [-0.2, -0.15) is 5.26 Å². The fraction of sp³-hybridized carbons (Fsp3) is 0.0625. The maximum atomic E-state index is 11.2. The summed E-state index contributed by atoms with van der Waals surface area (Å²) in [4.78, 5) is 18.6. The number of aryl methyl sites for hydroxylation is 1. The van der Waals surface area contributed by atoms with Crippen LogP contribution in [0.4, 0.5) is 0 Å². The summed E-state index contributed by atoms with van der Waals surface area (Å²) in [5.41, 5.74) is 2.30. The summed E-state index contributed by atoms with van der Waals surface area (Å²) in [7, 11) is 0. The number of aromatic carboxylic acids is 1. The molecule has 0 aliphatic rings. The first-order valence-electron chi connectivity index (χ1n) is 6.46. The minimum absolute atomic E-state index is 0.0531. The molecule has 3 rings (SSSR count). The number of aromatic amines is 1. The summed E-state index contributed by atoms with van der Waals surface area (Å²) in [6, 6.07) is 9.57. The summed E-state index contributed by atoms with van der Waals surface area (Å²) in [6.07, 6.45) is 0. The number of fused-ring (bicyclic) bond motifs is 1. The number of hydrogen-bond donors (Lipinski definition) is 3. The third kappa shape index (κ3) is 2.15. The molecule has 0 aliphatic carbocycles. The van der Waals surface area contributed by atoms with E-state index >= 15 is 0 Å². The summed E-state index contributed by atoms with van der Waals surface area (Å²) in [6.45, 7) is 1.83. The number of H-pyrrole nitrogens is 1. The third-order valence-electron chi connectivity index (χ3n) is 3.39. The van der Waals surface area contributed by atoms with Gasteiger partial charge in [-0.1, -0.05) is 6.07 Å². The Hall–Kier alpha value is -3.33. The van der Waals surface area contributed by atoms with Gasteiger partial charge < -0.3 is 15.2 Å². The van der Waals surface area contributed by atoms with Gasteiger partial charge in [0.1, 0.15) is 17.6 Å². The molecule has 0 saturated heterocycles. The van der Waals surface area contributed by atoms with E-state index in [2.05, 4.69) is 9.97 Å². The van der Waals surface area contributed by atoms with E-state index in [9.17, 15) is 9.90 Å². The van der Waals surface area contributed by atoms with Crippen LogP contribution in [-0.4, -0.2) is 26.2 Å². The maximum Gasteiger partial charge on any atom is 0.335 e. The van der Waals surface area contributed by atoms with Crippen molar-refractivity contribution in [3.8, 4) is 22.9 Å². The number of carbonyl (C=O) groups is 1. The van der Waals surface area contributed by atoms with Gasteiger partial charge >= 0.3 is 5.97 Å². The van der Waals surface area contributed by atoms with Crippen molar-refractivity contribution in [3.63, 3.8) is 0 Å². The number of aromatic nitrogens is 2. The van der Waals surface area contributed by atoms with Crippen molar-refractivity contribution in [2.24, 2.45) is 0 Å². The van der Waals surface area contributed by atoms with Gasteiger partial charge in [-0.05, 0) is 36.8 Å². The molecule has 0 amide bonds. The highest BCUT2D eigenvalue weighted by Crippen LogP contribution is 2.34. The van der Waals surface area contributed by atoms with Gasteiger partial charge in [-0.25, -0.2) is 9.78 Å². The lowest BCUT2D eigenvalue weighted by Gasteiger charge is -2.08. The molecule has 0 unspecified atom stereocenters. The number of nitrogens with zero attached hydrogens (tertiary/aromatic N) is 2. The van der Waals surface area contributed by atoms with Crippen molar-refractivity contribution in [2.75, 3.05) is 0 Å². The number of hydrogen-bond acceptors (Lipinski definition) is 4. The highest BCUT2D eigenvalue weighted by Gasteiger charge is 2.15. The summed E-state index contributed by atoms with van der Waals surface area (Å²) >= 11 is 0. The van der Waals surface area contributed by atoms with Crippen molar-refractivity contribution in [1.29, 1.82) is 5.26 Å². The van der Waals surface area contributed by atoms with Crippen LogP contribution in [-0.2, 0) is 0 Å². The Bertz CT molecular complexity index is 951. The number of benzene rings is 2. The smallest absolute Gasteiger partial charge is 0.335 e. The van der Waals surface area contributed by atoms with E-state index in [0.717, 1.165) is 17.4 Å². The second kappa shape index (κ2) is 4.90. The number of nitrogens with one attached hydrogen (secondary N) is 1. The summed E-state index contributed by atoms with van der Waals surface area (Å²) in [5.74, 6) is -0.637. The Labute approximate surface area is 125 Å². The van der Waals surface area contributed by atoms with Crippen molar-refractivity contribution in [1.82, 2.24) is 9.97 Å². The van der Waals surface area contributed by atoms with Gasteiger partial charge in [0.2, 0.25) is 0 Å². The predicted molar refractivity (Wildman–Crippen MR) is 79.6 cm³/mol. The fourth-order valence-electron chi connectivity index (χ4n) is 2.36. The topological polar surface area (TPSA) is 110 Å². The van der Waals surface area contributed by atoms with Crippen LogP contribution in [0.3, 0.4) is 0 Å². The van der Waals surface area contributed by atoms with Crippen molar-refractivity contribution in [2.45, 2.75) is 6.92 Å². The second-order valence-electron chi connectivity index (χ2n) is 4.89. The first-order valence-corrected chi connectivity index (χ1v) is 6.46.